The SMILES string of the molecule is C\C=C(Cl)/C(=C\C=C\NC=N/C=C(Cl)/C=C\C=C(/C)C=C(C)C)OC(F)(F)F. The molecule has 3 nitrogen and oxygen atoms in total. The summed E-state index contributed by atoms with van der Waals surface area (Å²) in [6.45, 7) is 7.50. The van der Waals surface area contributed by atoms with Gasteiger partial charge in [0.15, 0.2) is 0 Å². The molecule has 0 atom stereocenters. The number of halogens is 5. The Hall–Kier alpha value is -2.18. The molecule has 0 fully saturated rings. The maximum atomic E-state index is 12.3. The first-order valence-corrected chi connectivity index (χ1v) is 8.88. The number of rotatable bonds is 9. The van der Waals surface area contributed by atoms with Gasteiger partial charge in [-0.2, -0.15) is 0 Å². The van der Waals surface area contributed by atoms with Crippen LogP contribution in [0, 0.1) is 0 Å². The summed E-state index contributed by atoms with van der Waals surface area (Å²) in [5.74, 6) is -0.517. The highest BCUT2D eigenvalue weighted by molar-refractivity contribution is 6.31. The predicted molar refractivity (Wildman–Crippen MR) is 112 cm³/mol. The number of alkyl halides is 3. The Morgan fingerprint density at radius 3 is 2.32 bits per heavy atom. The molecule has 0 spiro atoms. The van der Waals surface area contributed by atoms with Crippen molar-refractivity contribution in [2.24, 2.45) is 4.99 Å². The number of nitrogens with zero attached hydrogens (tertiary/aromatic N) is 1. The van der Waals surface area contributed by atoms with Gasteiger partial charge in [0.05, 0.1) is 16.4 Å². The third kappa shape index (κ3) is 14.9. The molecule has 0 aromatic heterocycles. The second-order valence-electron chi connectivity index (χ2n) is 5.52. The van der Waals surface area contributed by atoms with Crippen LogP contribution in [0.4, 0.5) is 13.2 Å². The molecule has 0 amide bonds. The Morgan fingerprint density at radius 1 is 1.07 bits per heavy atom. The lowest BCUT2D eigenvalue weighted by molar-refractivity contribution is -0.303. The number of aliphatic imine (C=N–C) groups is 1. The average Bonchev–Trinajstić information content (AvgIpc) is 2.57. The van der Waals surface area contributed by atoms with E-state index in [4.69, 9.17) is 23.2 Å². The molecule has 1 N–H and O–H groups in total. The van der Waals surface area contributed by atoms with Gasteiger partial charge in [-0.05, 0) is 45.9 Å². The summed E-state index contributed by atoms with van der Waals surface area (Å²) in [6, 6.07) is 0. The number of hydrogen-bond acceptors (Lipinski definition) is 2. The first-order chi connectivity index (χ1) is 13.0. The third-order valence-electron chi connectivity index (χ3n) is 2.63. The maximum Gasteiger partial charge on any atom is 0.573 e. The van der Waals surface area contributed by atoms with Gasteiger partial charge in [0.2, 0.25) is 0 Å². The van der Waals surface area contributed by atoms with E-state index < -0.39 is 12.1 Å². The number of allylic oxidation sites excluding steroid dienone is 11. The van der Waals surface area contributed by atoms with Crippen LogP contribution >= 0.6 is 23.2 Å². The molecule has 8 heteroatoms. The fourth-order valence-electron chi connectivity index (χ4n) is 1.65. The molecule has 0 radical (unpaired) electrons. The summed E-state index contributed by atoms with van der Waals surface area (Å²) in [6.07, 6.45) is 10.3. The number of ether oxygens (including phenoxy) is 1. The van der Waals surface area contributed by atoms with Crippen molar-refractivity contribution in [2.75, 3.05) is 0 Å². The van der Waals surface area contributed by atoms with Crippen LogP contribution in [-0.4, -0.2) is 12.7 Å². The van der Waals surface area contributed by atoms with Crippen molar-refractivity contribution in [3.8, 4) is 0 Å². The molecule has 0 saturated carbocycles. The van der Waals surface area contributed by atoms with Crippen LogP contribution in [0.15, 0.2) is 86.9 Å². The van der Waals surface area contributed by atoms with Crippen molar-refractivity contribution in [2.45, 2.75) is 34.1 Å². The van der Waals surface area contributed by atoms with Crippen LogP contribution in [0.5, 0.6) is 0 Å². The minimum absolute atomic E-state index is 0.161. The molecule has 0 unspecified atom stereocenters. The van der Waals surface area contributed by atoms with E-state index in [0.717, 1.165) is 11.6 Å². The minimum Gasteiger partial charge on any atom is -0.404 e. The van der Waals surface area contributed by atoms with Gasteiger partial charge in [-0.15, -0.1) is 13.2 Å². The summed E-state index contributed by atoms with van der Waals surface area (Å²) in [5.41, 5.74) is 2.29. The normalized spacial score (nSPS) is 15.0. The van der Waals surface area contributed by atoms with Gasteiger partial charge in [-0.3, -0.25) is 0 Å². The Morgan fingerprint density at radius 2 is 1.75 bits per heavy atom. The van der Waals surface area contributed by atoms with Crippen LogP contribution in [-0.2, 0) is 4.74 Å². The molecule has 0 bridgehead atoms. The van der Waals surface area contributed by atoms with Crippen LogP contribution in [0.3, 0.4) is 0 Å². The zero-order chi connectivity index (χ0) is 21.6. The maximum absolute atomic E-state index is 12.3. The summed E-state index contributed by atoms with van der Waals surface area (Å²) in [4.78, 5) is 3.91. The number of nitrogens with one attached hydrogen (secondary N) is 1. The van der Waals surface area contributed by atoms with Gasteiger partial charge in [-0.25, -0.2) is 4.99 Å². The van der Waals surface area contributed by atoms with E-state index in [9.17, 15) is 13.2 Å². The molecule has 0 aliphatic heterocycles. The van der Waals surface area contributed by atoms with Crippen molar-refractivity contribution < 1.29 is 17.9 Å². The highest BCUT2D eigenvalue weighted by atomic mass is 35.5. The lowest BCUT2D eigenvalue weighted by Crippen LogP contribution is -2.13. The largest absolute Gasteiger partial charge is 0.573 e. The van der Waals surface area contributed by atoms with E-state index in [1.807, 2.05) is 32.9 Å². The summed E-state index contributed by atoms with van der Waals surface area (Å²) < 4.78 is 40.7. The average molecular weight is 435 g/mol. The standard InChI is InChI=1S/C20H23Cl2F3N2O/c1-5-18(22)19(28-20(23,24)25)10-7-11-26-14-27-13-17(21)9-6-8-16(4)12-15(2)3/h5-14H,1-4H3,(H,26,27)/b9-6-,11-7+,16-8+,17-13-,18-5+,19-10+. The highest BCUT2D eigenvalue weighted by Crippen LogP contribution is 2.26. The van der Waals surface area contributed by atoms with Gasteiger partial charge < -0.3 is 10.1 Å². The quantitative estimate of drug-likeness (QED) is 0.179. The van der Waals surface area contributed by atoms with Crippen LogP contribution in [0.2, 0.25) is 0 Å². The van der Waals surface area contributed by atoms with Gasteiger partial charge in [-0.1, -0.05) is 58.7 Å². The minimum atomic E-state index is -4.83. The molecule has 0 aromatic carbocycles. The molecule has 154 valence electrons. The molecular weight excluding hydrogens is 412 g/mol. The van der Waals surface area contributed by atoms with Crippen LogP contribution < -0.4 is 5.32 Å². The van der Waals surface area contributed by atoms with Crippen molar-refractivity contribution in [1.29, 1.82) is 0 Å². The van der Waals surface area contributed by atoms with Crippen molar-refractivity contribution in [1.82, 2.24) is 5.32 Å². The topological polar surface area (TPSA) is 33.6 Å². The van der Waals surface area contributed by atoms with E-state index in [1.54, 1.807) is 12.2 Å². The van der Waals surface area contributed by atoms with Crippen LogP contribution in [0.25, 0.3) is 0 Å². The highest BCUT2D eigenvalue weighted by Gasteiger charge is 2.32. The van der Waals surface area contributed by atoms with Gasteiger partial charge in [0.25, 0.3) is 0 Å². The predicted octanol–water partition coefficient (Wildman–Crippen LogP) is 7.23. The Kier molecular flexibility index (Phi) is 12.8. The second kappa shape index (κ2) is 13.9. The van der Waals surface area contributed by atoms with Crippen molar-refractivity contribution in [3.63, 3.8) is 0 Å². The van der Waals surface area contributed by atoms with Crippen LogP contribution in [0.1, 0.15) is 27.7 Å². The Balaban J connectivity index is 4.70. The monoisotopic (exact) mass is 434 g/mol. The molecule has 0 aromatic rings. The molecule has 0 aliphatic rings. The van der Waals surface area contributed by atoms with E-state index >= 15 is 0 Å². The molecule has 0 saturated heterocycles. The van der Waals surface area contributed by atoms with E-state index in [2.05, 4.69) is 15.0 Å². The summed E-state index contributed by atoms with van der Waals surface area (Å²) in [7, 11) is 0. The lowest BCUT2D eigenvalue weighted by Gasteiger charge is -2.11. The van der Waals surface area contributed by atoms with Gasteiger partial charge in [0.1, 0.15) is 5.76 Å². The fraction of sp³-hybridized carbons (Fsp3) is 0.250. The van der Waals surface area contributed by atoms with E-state index in [1.165, 1.54) is 43.4 Å². The Labute approximate surface area is 174 Å². The van der Waals surface area contributed by atoms with E-state index in [0.29, 0.717) is 5.03 Å². The molecular formula is C20H23Cl2F3N2O. The summed E-state index contributed by atoms with van der Waals surface area (Å²) >= 11 is 11.7. The zero-order valence-corrected chi connectivity index (χ0v) is 17.5. The lowest BCUT2D eigenvalue weighted by atomic mass is 10.2. The summed E-state index contributed by atoms with van der Waals surface area (Å²) in [5, 5.41) is 2.89. The third-order valence-corrected chi connectivity index (χ3v) is 3.26. The molecule has 0 rings (SSSR count). The zero-order valence-electron chi connectivity index (χ0n) is 16.0. The Bertz CT molecular complexity index is 737. The number of hydrogen-bond donors (Lipinski definition) is 1. The second-order valence-corrected chi connectivity index (χ2v) is 6.37. The fourth-order valence-corrected chi connectivity index (χ4v) is 1.88. The smallest absolute Gasteiger partial charge is 0.404 e. The molecule has 28 heavy (non-hydrogen) atoms. The van der Waals surface area contributed by atoms with Gasteiger partial charge >= 0.3 is 6.36 Å². The van der Waals surface area contributed by atoms with Gasteiger partial charge in [0, 0.05) is 12.4 Å². The first-order valence-electron chi connectivity index (χ1n) is 8.13. The van der Waals surface area contributed by atoms with Crippen molar-refractivity contribution in [3.05, 3.63) is 81.9 Å². The molecule has 0 aliphatic carbocycles. The first kappa shape index (κ1) is 25.8. The van der Waals surface area contributed by atoms with Crippen molar-refractivity contribution >= 4 is 29.5 Å². The van der Waals surface area contributed by atoms with E-state index in [-0.39, 0.29) is 5.03 Å². The molecule has 0 heterocycles.